The number of benzene rings is 1. The molecule has 16 heavy (non-hydrogen) atoms. The van der Waals surface area contributed by atoms with Gasteiger partial charge in [-0.25, -0.2) is 0 Å². The van der Waals surface area contributed by atoms with Gasteiger partial charge in [-0.3, -0.25) is 0 Å². The van der Waals surface area contributed by atoms with Gasteiger partial charge in [-0.1, -0.05) is 39.3 Å². The molecule has 0 atom stereocenters. The highest BCUT2D eigenvalue weighted by Gasteiger charge is 2.16. The Morgan fingerprint density at radius 3 is 2.25 bits per heavy atom. The number of H-pyrrole nitrogens is 1. The minimum atomic E-state index is 0.560. The summed E-state index contributed by atoms with van der Waals surface area (Å²) < 4.78 is 0. The maximum Gasteiger partial charge on any atom is 0.0459 e. The summed E-state index contributed by atoms with van der Waals surface area (Å²) in [6.45, 7) is 11.2. The SMILES string of the molecule is Cc1ccc2[nH]c(C(C)C)c(C(C)C)c2c1. The fourth-order valence-electron chi connectivity index (χ4n) is 2.42. The largest absolute Gasteiger partial charge is 0.358 e. The smallest absolute Gasteiger partial charge is 0.0459 e. The van der Waals surface area contributed by atoms with Crippen molar-refractivity contribution >= 4 is 10.9 Å². The fraction of sp³-hybridized carbons (Fsp3) is 0.467. The zero-order valence-corrected chi connectivity index (χ0v) is 10.9. The third-order valence-corrected chi connectivity index (χ3v) is 3.18. The van der Waals surface area contributed by atoms with Gasteiger partial charge in [-0.2, -0.15) is 0 Å². The van der Waals surface area contributed by atoms with Crippen molar-refractivity contribution in [1.82, 2.24) is 4.98 Å². The lowest BCUT2D eigenvalue weighted by Crippen LogP contribution is -1.96. The van der Waals surface area contributed by atoms with Crippen LogP contribution in [0.25, 0.3) is 10.9 Å². The predicted molar refractivity (Wildman–Crippen MR) is 71.2 cm³/mol. The van der Waals surface area contributed by atoms with Crippen LogP contribution in [-0.2, 0) is 0 Å². The number of hydrogen-bond acceptors (Lipinski definition) is 0. The van der Waals surface area contributed by atoms with Gasteiger partial charge >= 0.3 is 0 Å². The molecule has 0 saturated carbocycles. The average Bonchev–Trinajstić information content (AvgIpc) is 2.55. The van der Waals surface area contributed by atoms with Crippen LogP contribution in [0.5, 0.6) is 0 Å². The third-order valence-electron chi connectivity index (χ3n) is 3.18. The first kappa shape index (κ1) is 11.3. The number of aromatic amines is 1. The average molecular weight is 215 g/mol. The van der Waals surface area contributed by atoms with Crippen molar-refractivity contribution in [3.8, 4) is 0 Å². The van der Waals surface area contributed by atoms with Gasteiger partial charge in [0.15, 0.2) is 0 Å². The van der Waals surface area contributed by atoms with E-state index in [2.05, 4.69) is 57.8 Å². The second kappa shape index (κ2) is 3.97. The molecule has 1 nitrogen and oxygen atoms in total. The molecule has 0 radical (unpaired) electrons. The van der Waals surface area contributed by atoms with Crippen molar-refractivity contribution in [2.75, 3.05) is 0 Å². The van der Waals surface area contributed by atoms with Crippen LogP contribution in [0.2, 0.25) is 0 Å². The van der Waals surface area contributed by atoms with Crippen molar-refractivity contribution in [3.05, 3.63) is 35.0 Å². The minimum Gasteiger partial charge on any atom is -0.358 e. The van der Waals surface area contributed by atoms with E-state index in [0.29, 0.717) is 11.8 Å². The summed E-state index contributed by atoms with van der Waals surface area (Å²) in [5, 5.41) is 1.40. The van der Waals surface area contributed by atoms with E-state index < -0.39 is 0 Å². The Hall–Kier alpha value is -1.24. The van der Waals surface area contributed by atoms with Gasteiger partial charge in [0.1, 0.15) is 0 Å². The van der Waals surface area contributed by atoms with Crippen LogP contribution in [0.15, 0.2) is 18.2 Å². The van der Waals surface area contributed by atoms with Crippen molar-refractivity contribution in [2.45, 2.75) is 46.5 Å². The van der Waals surface area contributed by atoms with Crippen LogP contribution in [0.3, 0.4) is 0 Å². The van der Waals surface area contributed by atoms with Gasteiger partial charge in [0.05, 0.1) is 0 Å². The van der Waals surface area contributed by atoms with Gasteiger partial charge in [-0.05, 0) is 36.5 Å². The second-order valence-electron chi connectivity index (χ2n) is 5.31. The summed E-state index contributed by atoms with van der Waals surface area (Å²) in [4.78, 5) is 3.57. The van der Waals surface area contributed by atoms with E-state index in [1.165, 1.54) is 27.7 Å². The molecule has 0 fully saturated rings. The monoisotopic (exact) mass is 215 g/mol. The molecule has 0 aliphatic heterocycles. The highest BCUT2D eigenvalue weighted by Crippen LogP contribution is 2.33. The fourth-order valence-corrected chi connectivity index (χ4v) is 2.42. The van der Waals surface area contributed by atoms with E-state index in [1.54, 1.807) is 0 Å². The lowest BCUT2D eigenvalue weighted by Gasteiger charge is -2.10. The first-order valence-corrected chi connectivity index (χ1v) is 6.12. The number of aromatic nitrogens is 1. The summed E-state index contributed by atoms with van der Waals surface area (Å²) in [6.07, 6.45) is 0. The summed E-state index contributed by atoms with van der Waals surface area (Å²) in [6, 6.07) is 6.67. The van der Waals surface area contributed by atoms with Gasteiger partial charge in [0.25, 0.3) is 0 Å². The van der Waals surface area contributed by atoms with Crippen LogP contribution in [-0.4, -0.2) is 4.98 Å². The predicted octanol–water partition coefficient (Wildman–Crippen LogP) is 4.72. The highest BCUT2D eigenvalue weighted by molar-refractivity contribution is 5.86. The maximum absolute atomic E-state index is 3.57. The van der Waals surface area contributed by atoms with Gasteiger partial charge in [0.2, 0.25) is 0 Å². The molecule has 86 valence electrons. The van der Waals surface area contributed by atoms with Gasteiger partial charge in [0, 0.05) is 16.6 Å². The van der Waals surface area contributed by atoms with E-state index in [9.17, 15) is 0 Å². The Balaban J connectivity index is 2.77. The zero-order chi connectivity index (χ0) is 11.9. The standard InChI is InChI=1S/C15H21N/c1-9(2)14-12-8-11(5)6-7-13(12)16-15(14)10(3)4/h6-10,16H,1-5H3. The lowest BCUT2D eigenvalue weighted by atomic mass is 9.94. The molecule has 2 rings (SSSR count). The number of hydrogen-bond donors (Lipinski definition) is 1. The molecule has 0 spiro atoms. The Morgan fingerprint density at radius 2 is 1.69 bits per heavy atom. The quantitative estimate of drug-likeness (QED) is 0.746. The van der Waals surface area contributed by atoms with Crippen molar-refractivity contribution in [3.63, 3.8) is 0 Å². The van der Waals surface area contributed by atoms with E-state index in [0.717, 1.165) is 0 Å². The first-order chi connectivity index (χ1) is 7.50. The number of fused-ring (bicyclic) bond motifs is 1. The summed E-state index contributed by atoms with van der Waals surface area (Å²) in [5.74, 6) is 1.14. The molecular weight excluding hydrogens is 194 g/mol. The lowest BCUT2D eigenvalue weighted by molar-refractivity contribution is 0.778. The molecule has 1 heteroatoms. The Morgan fingerprint density at radius 1 is 1.00 bits per heavy atom. The minimum absolute atomic E-state index is 0.560. The molecule has 0 bridgehead atoms. The van der Waals surface area contributed by atoms with Crippen LogP contribution >= 0.6 is 0 Å². The summed E-state index contributed by atoms with van der Waals surface area (Å²) in [7, 11) is 0. The molecule has 2 aromatic rings. The number of rotatable bonds is 2. The van der Waals surface area contributed by atoms with Crippen LogP contribution in [0.1, 0.15) is 56.4 Å². The van der Waals surface area contributed by atoms with Crippen molar-refractivity contribution in [1.29, 1.82) is 0 Å². The maximum atomic E-state index is 3.57. The Bertz CT molecular complexity index is 503. The molecule has 0 aliphatic rings. The second-order valence-corrected chi connectivity index (χ2v) is 5.31. The van der Waals surface area contributed by atoms with Crippen LogP contribution in [0, 0.1) is 6.92 Å². The normalized spacial score (nSPS) is 11.9. The van der Waals surface area contributed by atoms with Crippen LogP contribution < -0.4 is 0 Å². The first-order valence-electron chi connectivity index (χ1n) is 6.12. The van der Waals surface area contributed by atoms with Gasteiger partial charge < -0.3 is 4.98 Å². The number of aryl methyl sites for hydroxylation is 1. The molecule has 1 N–H and O–H groups in total. The van der Waals surface area contributed by atoms with E-state index in [-0.39, 0.29) is 0 Å². The molecule has 0 aliphatic carbocycles. The van der Waals surface area contributed by atoms with E-state index in [4.69, 9.17) is 0 Å². The Labute approximate surface area is 97.9 Å². The molecule has 1 heterocycles. The summed E-state index contributed by atoms with van der Waals surface area (Å²) >= 11 is 0. The molecule has 1 aromatic heterocycles. The highest BCUT2D eigenvalue weighted by atomic mass is 14.7. The molecule has 0 saturated heterocycles. The number of nitrogens with one attached hydrogen (secondary N) is 1. The topological polar surface area (TPSA) is 15.8 Å². The Kier molecular flexibility index (Phi) is 2.79. The molecule has 0 amide bonds. The zero-order valence-electron chi connectivity index (χ0n) is 10.9. The van der Waals surface area contributed by atoms with Gasteiger partial charge in [-0.15, -0.1) is 0 Å². The molecular formula is C15H21N. The molecule has 0 unspecified atom stereocenters. The van der Waals surface area contributed by atoms with E-state index >= 15 is 0 Å². The van der Waals surface area contributed by atoms with E-state index in [1.807, 2.05) is 0 Å². The van der Waals surface area contributed by atoms with Crippen molar-refractivity contribution < 1.29 is 0 Å². The molecule has 1 aromatic carbocycles. The summed E-state index contributed by atoms with van der Waals surface area (Å²) in [5.41, 5.74) is 5.51. The van der Waals surface area contributed by atoms with Crippen LogP contribution in [0.4, 0.5) is 0 Å². The van der Waals surface area contributed by atoms with Crippen molar-refractivity contribution in [2.24, 2.45) is 0 Å². The third kappa shape index (κ3) is 1.75.